The van der Waals surface area contributed by atoms with Crippen LogP contribution in [0.2, 0.25) is 0 Å². The summed E-state index contributed by atoms with van der Waals surface area (Å²) >= 11 is 1.39. The van der Waals surface area contributed by atoms with Gasteiger partial charge >= 0.3 is 0 Å². The highest BCUT2D eigenvalue weighted by molar-refractivity contribution is 7.99. The molecule has 3 rings (SSSR count). The molecule has 1 aliphatic rings. The number of nitrogens with zero attached hydrogens (tertiary/aromatic N) is 4. The Morgan fingerprint density at radius 1 is 1.38 bits per heavy atom. The molecule has 0 N–H and O–H groups in total. The van der Waals surface area contributed by atoms with Crippen molar-refractivity contribution in [2.75, 3.05) is 18.8 Å². The zero-order valence-electron chi connectivity index (χ0n) is 14.3. The quantitative estimate of drug-likeness (QED) is 0.322. The van der Waals surface area contributed by atoms with Gasteiger partial charge in [0.1, 0.15) is 0 Å². The van der Waals surface area contributed by atoms with Crippen LogP contribution in [0.5, 0.6) is 0 Å². The molecule has 26 heavy (non-hydrogen) atoms. The molecule has 8 heteroatoms. The molecular formula is C18H20N4O3S. The number of benzene rings is 1. The number of nitro benzene ring substituents is 1. The molecule has 2 aromatic rings. The lowest BCUT2D eigenvalue weighted by Crippen LogP contribution is -2.29. The average Bonchev–Trinajstić information content (AvgIpc) is 3.30. The molecule has 0 unspecified atom stereocenters. The summed E-state index contributed by atoms with van der Waals surface area (Å²) in [5, 5.41) is 11.7. The van der Waals surface area contributed by atoms with E-state index in [4.69, 9.17) is 0 Å². The highest BCUT2D eigenvalue weighted by Gasteiger charge is 2.20. The topological polar surface area (TPSA) is 81.3 Å². The summed E-state index contributed by atoms with van der Waals surface area (Å²) in [5.74, 6) is 0.459. The van der Waals surface area contributed by atoms with E-state index >= 15 is 0 Å². The predicted molar refractivity (Wildman–Crippen MR) is 101 cm³/mol. The number of nitro groups is 1. The minimum Gasteiger partial charge on any atom is -0.342 e. The second-order valence-corrected chi connectivity index (χ2v) is 6.95. The second-order valence-electron chi connectivity index (χ2n) is 6.01. The van der Waals surface area contributed by atoms with E-state index in [-0.39, 0.29) is 11.6 Å². The molecule has 1 aromatic heterocycles. The van der Waals surface area contributed by atoms with E-state index in [0.717, 1.165) is 31.6 Å². The van der Waals surface area contributed by atoms with Gasteiger partial charge in [0.05, 0.1) is 22.6 Å². The van der Waals surface area contributed by atoms with Crippen molar-refractivity contribution in [3.63, 3.8) is 0 Å². The normalized spacial score (nSPS) is 13.8. The van der Waals surface area contributed by atoms with Gasteiger partial charge in [0.15, 0.2) is 5.16 Å². The van der Waals surface area contributed by atoms with Crippen LogP contribution in [-0.2, 0) is 11.3 Å². The zero-order chi connectivity index (χ0) is 18.5. The summed E-state index contributed by atoms with van der Waals surface area (Å²) in [6.45, 7) is 5.95. The van der Waals surface area contributed by atoms with E-state index < -0.39 is 4.92 Å². The van der Waals surface area contributed by atoms with Crippen LogP contribution in [0.1, 0.15) is 12.8 Å². The number of rotatable bonds is 7. The first kappa shape index (κ1) is 18.2. The summed E-state index contributed by atoms with van der Waals surface area (Å²) in [7, 11) is 0. The number of non-ortho nitro benzene ring substituents is 1. The van der Waals surface area contributed by atoms with Crippen LogP contribution >= 0.6 is 11.8 Å². The van der Waals surface area contributed by atoms with Crippen LogP contribution in [0.25, 0.3) is 11.3 Å². The third-order valence-corrected chi connectivity index (χ3v) is 5.24. The predicted octanol–water partition coefficient (Wildman–Crippen LogP) is 3.36. The van der Waals surface area contributed by atoms with Crippen molar-refractivity contribution in [2.24, 2.45) is 0 Å². The number of thioether (sulfide) groups is 1. The maximum atomic E-state index is 12.3. The van der Waals surface area contributed by atoms with Crippen molar-refractivity contribution in [3.8, 4) is 11.3 Å². The molecule has 0 aliphatic carbocycles. The molecule has 0 radical (unpaired) electrons. The maximum Gasteiger partial charge on any atom is 0.270 e. The lowest BCUT2D eigenvalue weighted by atomic mass is 10.1. The Kier molecular flexibility index (Phi) is 5.72. The first-order valence-corrected chi connectivity index (χ1v) is 9.40. The van der Waals surface area contributed by atoms with Crippen LogP contribution in [0, 0.1) is 10.1 Å². The molecular weight excluding hydrogens is 352 g/mol. The molecule has 1 saturated heterocycles. The van der Waals surface area contributed by atoms with E-state index in [1.807, 2.05) is 15.5 Å². The van der Waals surface area contributed by atoms with Crippen LogP contribution in [-0.4, -0.2) is 44.1 Å². The first-order valence-electron chi connectivity index (χ1n) is 8.42. The fraction of sp³-hybridized carbons (Fsp3) is 0.333. The molecule has 1 aromatic carbocycles. The third kappa shape index (κ3) is 3.96. The smallest absolute Gasteiger partial charge is 0.270 e. The monoisotopic (exact) mass is 372 g/mol. The van der Waals surface area contributed by atoms with Gasteiger partial charge in [-0.2, -0.15) is 0 Å². The maximum absolute atomic E-state index is 12.3. The standard InChI is InChI=1S/C18H20N4O3S/c1-2-8-21-16(14-6-5-7-15(11-14)22(24)25)12-19-18(21)26-13-17(23)20-9-3-4-10-20/h2,5-7,11-12H,1,3-4,8-10,13H2. The summed E-state index contributed by atoms with van der Waals surface area (Å²) in [6, 6.07) is 6.46. The average molecular weight is 372 g/mol. The summed E-state index contributed by atoms with van der Waals surface area (Å²) < 4.78 is 1.92. The van der Waals surface area contributed by atoms with Crippen molar-refractivity contribution < 1.29 is 9.72 Å². The van der Waals surface area contributed by atoms with Crippen molar-refractivity contribution in [1.82, 2.24) is 14.5 Å². The summed E-state index contributed by atoms with van der Waals surface area (Å²) in [5.41, 5.74) is 1.52. The third-order valence-electron chi connectivity index (χ3n) is 4.27. The van der Waals surface area contributed by atoms with Crippen LogP contribution in [0.15, 0.2) is 48.3 Å². The van der Waals surface area contributed by atoms with Gasteiger partial charge in [-0.25, -0.2) is 4.98 Å². The summed E-state index contributed by atoms with van der Waals surface area (Å²) in [6.07, 6.45) is 5.57. The molecule has 1 amide bonds. The van der Waals surface area contributed by atoms with Gasteiger partial charge in [-0.15, -0.1) is 6.58 Å². The van der Waals surface area contributed by atoms with Gasteiger partial charge in [0.25, 0.3) is 5.69 Å². The Morgan fingerprint density at radius 3 is 2.85 bits per heavy atom. The largest absolute Gasteiger partial charge is 0.342 e. The minimum absolute atomic E-state index is 0.0345. The van der Waals surface area contributed by atoms with Gasteiger partial charge in [-0.1, -0.05) is 30.0 Å². The number of amides is 1. The van der Waals surface area contributed by atoms with Crippen molar-refractivity contribution in [2.45, 2.75) is 24.5 Å². The lowest BCUT2D eigenvalue weighted by Gasteiger charge is -2.15. The van der Waals surface area contributed by atoms with Crippen LogP contribution < -0.4 is 0 Å². The van der Waals surface area contributed by atoms with Crippen LogP contribution in [0.4, 0.5) is 5.69 Å². The number of aromatic nitrogens is 2. The van der Waals surface area contributed by atoms with E-state index in [1.165, 1.54) is 23.9 Å². The van der Waals surface area contributed by atoms with E-state index in [9.17, 15) is 14.9 Å². The Morgan fingerprint density at radius 2 is 2.15 bits per heavy atom. The fourth-order valence-electron chi connectivity index (χ4n) is 2.97. The number of allylic oxidation sites excluding steroid dienone is 1. The Balaban J connectivity index is 1.81. The van der Waals surface area contributed by atoms with Crippen LogP contribution in [0.3, 0.4) is 0 Å². The molecule has 1 fully saturated rings. The summed E-state index contributed by atoms with van der Waals surface area (Å²) in [4.78, 5) is 29.2. The Bertz CT molecular complexity index is 828. The Labute approximate surface area is 155 Å². The number of hydrogen-bond donors (Lipinski definition) is 0. The zero-order valence-corrected chi connectivity index (χ0v) is 15.2. The number of carbonyl (C=O) groups is 1. The number of hydrogen-bond acceptors (Lipinski definition) is 5. The SMILES string of the molecule is C=CCn1c(-c2cccc([N+](=O)[O-])c2)cnc1SCC(=O)N1CCCC1. The first-order chi connectivity index (χ1) is 12.6. The van der Waals surface area contributed by atoms with Gasteiger partial charge in [0.2, 0.25) is 5.91 Å². The number of carbonyl (C=O) groups excluding carboxylic acids is 1. The minimum atomic E-state index is -0.415. The van der Waals surface area contributed by atoms with E-state index in [1.54, 1.807) is 18.3 Å². The molecule has 0 atom stereocenters. The highest BCUT2D eigenvalue weighted by atomic mass is 32.2. The molecule has 2 heterocycles. The van der Waals surface area contributed by atoms with E-state index in [2.05, 4.69) is 11.6 Å². The van der Waals surface area contributed by atoms with Crippen molar-refractivity contribution in [1.29, 1.82) is 0 Å². The highest BCUT2D eigenvalue weighted by Crippen LogP contribution is 2.28. The van der Waals surface area contributed by atoms with E-state index in [0.29, 0.717) is 23.0 Å². The molecule has 1 aliphatic heterocycles. The van der Waals surface area contributed by atoms with Gasteiger partial charge in [-0.3, -0.25) is 14.9 Å². The molecule has 0 saturated carbocycles. The molecule has 0 spiro atoms. The molecule has 136 valence electrons. The number of likely N-dealkylation sites (tertiary alicyclic amines) is 1. The second kappa shape index (κ2) is 8.18. The number of imidazole rings is 1. The molecule has 0 bridgehead atoms. The van der Waals surface area contributed by atoms with Crippen molar-refractivity contribution >= 4 is 23.4 Å². The van der Waals surface area contributed by atoms with Gasteiger partial charge < -0.3 is 9.47 Å². The van der Waals surface area contributed by atoms with Gasteiger partial charge in [-0.05, 0) is 12.8 Å². The van der Waals surface area contributed by atoms with Crippen molar-refractivity contribution in [3.05, 3.63) is 53.2 Å². The fourth-order valence-corrected chi connectivity index (χ4v) is 3.86. The lowest BCUT2D eigenvalue weighted by molar-refractivity contribution is -0.384. The van der Waals surface area contributed by atoms with Gasteiger partial charge in [0, 0.05) is 37.3 Å². The Hall–Kier alpha value is -2.61. The molecule has 7 nitrogen and oxygen atoms in total.